The van der Waals surface area contributed by atoms with Crippen molar-refractivity contribution in [2.24, 2.45) is 0 Å². The predicted octanol–water partition coefficient (Wildman–Crippen LogP) is 1.17. The van der Waals surface area contributed by atoms with E-state index in [2.05, 4.69) is 5.32 Å². The van der Waals surface area contributed by atoms with Crippen molar-refractivity contribution in [3.8, 4) is 0 Å². The van der Waals surface area contributed by atoms with Gasteiger partial charge in [-0.2, -0.15) is 0 Å². The Morgan fingerprint density at radius 1 is 1.19 bits per heavy atom. The maximum Gasteiger partial charge on any atom is 0.337 e. The molecule has 8 nitrogen and oxygen atoms in total. The van der Waals surface area contributed by atoms with Gasteiger partial charge in [-0.1, -0.05) is 36.4 Å². The molecule has 0 bridgehead atoms. The predicted molar refractivity (Wildman–Crippen MR) is 114 cm³/mol. The molecule has 31 heavy (non-hydrogen) atoms. The highest BCUT2D eigenvalue weighted by atomic mass is 16.5. The molecule has 2 aromatic carbocycles. The summed E-state index contributed by atoms with van der Waals surface area (Å²) in [6.07, 6.45) is -3.11. The van der Waals surface area contributed by atoms with E-state index in [9.17, 15) is 20.1 Å². The van der Waals surface area contributed by atoms with Crippen LogP contribution in [0.1, 0.15) is 39.6 Å². The van der Waals surface area contributed by atoms with Crippen LogP contribution in [0.4, 0.5) is 0 Å². The number of carbonyl (C=O) groups is 1. The summed E-state index contributed by atoms with van der Waals surface area (Å²) in [6, 6.07) is 14.2. The van der Waals surface area contributed by atoms with Crippen LogP contribution in [-0.2, 0) is 16.0 Å². The third-order valence-electron chi connectivity index (χ3n) is 5.32. The van der Waals surface area contributed by atoms with E-state index < -0.39 is 24.4 Å². The number of methoxy groups -OCH3 is 1. The van der Waals surface area contributed by atoms with Gasteiger partial charge in [-0.25, -0.2) is 4.79 Å². The average molecular weight is 428 g/mol. The summed E-state index contributed by atoms with van der Waals surface area (Å²) in [6.45, 7) is 0.598. The molecule has 1 aliphatic heterocycles. The number of nitrogens with one attached hydrogen (secondary N) is 2. The molecule has 1 heterocycles. The molecule has 0 amide bonds. The molecule has 0 aliphatic carbocycles. The van der Waals surface area contributed by atoms with Gasteiger partial charge in [-0.15, -0.1) is 0 Å². The topological polar surface area (TPSA) is 132 Å². The van der Waals surface area contributed by atoms with E-state index in [1.165, 1.54) is 7.11 Å². The number of hydrogen-bond donors (Lipinski definition) is 5. The molecule has 3 rings (SSSR count). The third kappa shape index (κ3) is 5.75. The number of ether oxygens (including phenoxy) is 2. The van der Waals surface area contributed by atoms with E-state index in [4.69, 9.17) is 14.9 Å². The summed E-state index contributed by atoms with van der Waals surface area (Å²) in [5.41, 5.74) is 3.16. The number of hydrogen-bond acceptors (Lipinski definition) is 8. The number of carbonyl (C=O) groups excluding carboxylic acids is 1. The fourth-order valence-corrected chi connectivity index (χ4v) is 3.58. The van der Waals surface area contributed by atoms with Crippen LogP contribution in [0.3, 0.4) is 0 Å². The first-order valence-electron chi connectivity index (χ1n) is 10.1. The number of esters is 1. The minimum Gasteiger partial charge on any atom is -0.465 e. The Kier molecular flexibility index (Phi) is 7.89. The Labute approximate surface area is 181 Å². The normalized spacial score (nSPS) is 23.4. The van der Waals surface area contributed by atoms with Crippen molar-refractivity contribution >= 4 is 11.7 Å². The number of benzene rings is 2. The van der Waals surface area contributed by atoms with Gasteiger partial charge in [0.05, 0.1) is 37.2 Å². The van der Waals surface area contributed by atoms with Crippen LogP contribution in [-0.4, -0.2) is 65.6 Å². The zero-order chi connectivity index (χ0) is 22.4. The SMILES string of the molecule is COC(=O)c1cccc(CNCC(=N)c2ccc(C3OC(CO)CC(O)C3O)cc2)c1. The zero-order valence-corrected chi connectivity index (χ0v) is 17.3. The summed E-state index contributed by atoms with van der Waals surface area (Å²) in [4.78, 5) is 11.6. The maximum absolute atomic E-state index is 11.6. The Morgan fingerprint density at radius 3 is 2.61 bits per heavy atom. The molecule has 1 saturated heterocycles. The molecule has 0 radical (unpaired) electrons. The second-order valence-corrected chi connectivity index (χ2v) is 7.55. The summed E-state index contributed by atoms with van der Waals surface area (Å²) < 4.78 is 10.4. The molecule has 0 spiro atoms. The number of rotatable bonds is 8. The molecule has 1 fully saturated rings. The molecular formula is C23H28N2O6. The first-order valence-corrected chi connectivity index (χ1v) is 10.1. The molecule has 8 heteroatoms. The molecule has 1 aliphatic rings. The van der Waals surface area contributed by atoms with E-state index in [1.807, 2.05) is 6.07 Å². The molecule has 4 unspecified atom stereocenters. The Bertz CT molecular complexity index is 901. The molecule has 0 aromatic heterocycles. The maximum atomic E-state index is 11.6. The first-order chi connectivity index (χ1) is 14.9. The van der Waals surface area contributed by atoms with E-state index in [-0.39, 0.29) is 19.0 Å². The minimum atomic E-state index is -1.07. The number of aliphatic hydroxyl groups excluding tert-OH is 3. The van der Waals surface area contributed by atoms with Gasteiger partial charge in [-0.05, 0) is 28.8 Å². The molecule has 0 saturated carbocycles. The fourth-order valence-electron chi connectivity index (χ4n) is 3.58. The third-order valence-corrected chi connectivity index (χ3v) is 5.32. The van der Waals surface area contributed by atoms with E-state index in [1.54, 1.807) is 42.5 Å². The summed E-state index contributed by atoms with van der Waals surface area (Å²) in [7, 11) is 1.34. The summed E-state index contributed by atoms with van der Waals surface area (Å²) in [5, 5.41) is 41.0. The van der Waals surface area contributed by atoms with Crippen LogP contribution in [0.5, 0.6) is 0 Å². The van der Waals surface area contributed by atoms with Crippen molar-refractivity contribution in [1.29, 1.82) is 5.41 Å². The Balaban J connectivity index is 1.56. The van der Waals surface area contributed by atoms with Gasteiger partial charge in [0, 0.05) is 19.5 Å². The van der Waals surface area contributed by atoms with Gasteiger partial charge in [0.15, 0.2) is 0 Å². The van der Waals surface area contributed by atoms with Crippen molar-refractivity contribution in [1.82, 2.24) is 5.32 Å². The van der Waals surface area contributed by atoms with Crippen molar-refractivity contribution in [3.63, 3.8) is 0 Å². The van der Waals surface area contributed by atoms with Gasteiger partial charge in [0.25, 0.3) is 0 Å². The minimum absolute atomic E-state index is 0.186. The lowest BCUT2D eigenvalue weighted by atomic mass is 9.92. The van der Waals surface area contributed by atoms with Crippen molar-refractivity contribution in [2.45, 2.75) is 37.4 Å². The van der Waals surface area contributed by atoms with E-state index in [0.717, 1.165) is 5.56 Å². The van der Waals surface area contributed by atoms with Crippen LogP contribution in [0.25, 0.3) is 0 Å². The van der Waals surface area contributed by atoms with Gasteiger partial charge >= 0.3 is 5.97 Å². The first kappa shape index (κ1) is 23.1. The van der Waals surface area contributed by atoms with Crippen LogP contribution in [0, 0.1) is 5.41 Å². The average Bonchev–Trinajstić information content (AvgIpc) is 2.80. The molecule has 5 N–H and O–H groups in total. The standard InChI is InChI=1S/C23H28N2O6/c1-30-23(29)17-4-2-3-14(9-17)11-25-12-19(24)15-5-7-16(8-6-15)22-21(28)20(27)10-18(13-26)31-22/h2-9,18,20-22,24-28H,10-13H2,1H3. The van der Waals surface area contributed by atoms with Crippen LogP contribution in [0.15, 0.2) is 48.5 Å². The second kappa shape index (κ2) is 10.6. The van der Waals surface area contributed by atoms with Gasteiger partial charge < -0.3 is 35.5 Å². The highest BCUT2D eigenvalue weighted by Crippen LogP contribution is 2.32. The zero-order valence-electron chi connectivity index (χ0n) is 17.3. The van der Waals surface area contributed by atoms with Crippen molar-refractivity contribution in [2.75, 3.05) is 20.3 Å². The van der Waals surface area contributed by atoms with Crippen LogP contribution < -0.4 is 5.32 Å². The van der Waals surface area contributed by atoms with E-state index >= 15 is 0 Å². The summed E-state index contributed by atoms with van der Waals surface area (Å²) in [5.74, 6) is -0.389. The highest BCUT2D eigenvalue weighted by Gasteiger charge is 2.37. The molecule has 166 valence electrons. The van der Waals surface area contributed by atoms with Crippen molar-refractivity contribution in [3.05, 3.63) is 70.8 Å². The lowest BCUT2D eigenvalue weighted by Gasteiger charge is -2.36. The van der Waals surface area contributed by atoms with Crippen LogP contribution in [0.2, 0.25) is 0 Å². The largest absolute Gasteiger partial charge is 0.465 e. The molecule has 4 atom stereocenters. The van der Waals surface area contributed by atoms with E-state index in [0.29, 0.717) is 35.5 Å². The fraction of sp³-hybridized carbons (Fsp3) is 0.391. The summed E-state index contributed by atoms with van der Waals surface area (Å²) >= 11 is 0. The molecular weight excluding hydrogens is 400 g/mol. The second-order valence-electron chi connectivity index (χ2n) is 7.55. The lowest BCUT2D eigenvalue weighted by molar-refractivity contribution is -0.179. The smallest absolute Gasteiger partial charge is 0.337 e. The van der Waals surface area contributed by atoms with Crippen molar-refractivity contribution < 1.29 is 29.6 Å². The lowest BCUT2D eigenvalue weighted by Crippen LogP contribution is -2.44. The highest BCUT2D eigenvalue weighted by molar-refractivity contribution is 5.99. The monoisotopic (exact) mass is 428 g/mol. The van der Waals surface area contributed by atoms with Gasteiger partial charge in [-0.3, -0.25) is 0 Å². The quantitative estimate of drug-likeness (QED) is 0.315. The Hall–Kier alpha value is -2.62. The van der Waals surface area contributed by atoms with Gasteiger partial charge in [0.1, 0.15) is 12.2 Å². The number of aliphatic hydroxyl groups is 3. The van der Waals surface area contributed by atoms with Gasteiger partial charge in [0.2, 0.25) is 0 Å². The molecule has 2 aromatic rings. The Morgan fingerprint density at radius 2 is 1.94 bits per heavy atom. The van der Waals surface area contributed by atoms with Crippen LogP contribution >= 0.6 is 0 Å².